The van der Waals surface area contributed by atoms with Gasteiger partial charge in [0.05, 0.1) is 4.90 Å². The molecule has 0 saturated carbocycles. The second-order valence-corrected chi connectivity index (χ2v) is 9.71. The van der Waals surface area contributed by atoms with E-state index >= 15 is 0 Å². The van der Waals surface area contributed by atoms with Gasteiger partial charge in [0, 0.05) is 42.8 Å². The average Bonchev–Trinajstić information content (AvgIpc) is 2.70. The number of halogens is 2. The molecule has 0 bridgehead atoms. The second kappa shape index (κ2) is 8.01. The van der Waals surface area contributed by atoms with Crippen molar-refractivity contribution in [1.82, 2.24) is 9.21 Å². The third kappa shape index (κ3) is 4.04. The van der Waals surface area contributed by atoms with E-state index in [0.717, 1.165) is 16.3 Å². The Hall–Kier alpha value is -1.63. The van der Waals surface area contributed by atoms with Gasteiger partial charge in [0.15, 0.2) is 0 Å². The number of nitrogens with zero attached hydrogens (tertiary/aromatic N) is 2. The van der Waals surface area contributed by atoms with Crippen molar-refractivity contribution in [3.8, 4) is 0 Å². The van der Waals surface area contributed by atoms with Gasteiger partial charge in [0.2, 0.25) is 10.0 Å². The molecule has 0 aromatic heterocycles. The monoisotopic (exact) mass is 434 g/mol. The lowest BCUT2D eigenvalue weighted by molar-refractivity contribution is 0.181. The minimum atomic E-state index is -3.50. The summed E-state index contributed by atoms with van der Waals surface area (Å²) in [5.41, 5.74) is 0.997. The number of hydrogen-bond acceptors (Lipinski definition) is 3. The Morgan fingerprint density at radius 1 is 0.821 bits per heavy atom. The molecule has 4 rings (SSSR count). The van der Waals surface area contributed by atoms with Gasteiger partial charge in [-0.2, -0.15) is 4.31 Å². The van der Waals surface area contributed by atoms with Gasteiger partial charge in [0.25, 0.3) is 0 Å². The summed E-state index contributed by atoms with van der Waals surface area (Å²) in [6.45, 7) is 2.91. The van der Waals surface area contributed by atoms with Crippen LogP contribution in [0, 0.1) is 0 Å². The molecule has 1 aliphatic heterocycles. The van der Waals surface area contributed by atoms with Gasteiger partial charge >= 0.3 is 0 Å². The Balaban J connectivity index is 1.46. The summed E-state index contributed by atoms with van der Waals surface area (Å²) in [5.74, 6) is 0. The smallest absolute Gasteiger partial charge is 0.243 e. The predicted molar refractivity (Wildman–Crippen MR) is 114 cm³/mol. The maximum atomic E-state index is 13.1. The molecule has 0 unspecified atom stereocenters. The number of fused-ring (bicyclic) bond motifs is 1. The lowest BCUT2D eigenvalue weighted by Crippen LogP contribution is -2.48. The number of sulfonamides is 1. The van der Waals surface area contributed by atoms with E-state index in [9.17, 15) is 8.42 Å². The van der Waals surface area contributed by atoms with Crippen LogP contribution in [0.25, 0.3) is 10.8 Å². The van der Waals surface area contributed by atoms with Crippen molar-refractivity contribution in [2.24, 2.45) is 0 Å². The standard InChI is InChI=1S/C21H20Cl2N2O2S/c22-19-7-5-18(21(23)14-19)15-24-9-11-25(12-10-24)28(26,27)20-8-6-16-3-1-2-4-17(16)13-20/h1-8,13-14H,9-12,15H2. The van der Waals surface area contributed by atoms with Gasteiger partial charge in [-0.25, -0.2) is 8.42 Å². The first-order valence-corrected chi connectivity index (χ1v) is 11.3. The summed E-state index contributed by atoms with van der Waals surface area (Å²) in [7, 11) is -3.50. The highest BCUT2D eigenvalue weighted by atomic mass is 35.5. The fourth-order valence-corrected chi connectivity index (χ4v) is 5.42. The number of rotatable bonds is 4. The van der Waals surface area contributed by atoms with Crippen LogP contribution in [0.3, 0.4) is 0 Å². The van der Waals surface area contributed by atoms with Crippen LogP contribution in [0.1, 0.15) is 5.56 Å². The van der Waals surface area contributed by atoms with E-state index in [1.165, 1.54) is 0 Å². The molecule has 1 saturated heterocycles. The molecule has 7 heteroatoms. The normalized spacial score (nSPS) is 16.5. The molecule has 3 aromatic rings. The van der Waals surface area contributed by atoms with Gasteiger partial charge in [0.1, 0.15) is 0 Å². The summed E-state index contributed by atoms with van der Waals surface area (Å²) in [6.07, 6.45) is 0. The molecule has 0 N–H and O–H groups in total. The molecule has 146 valence electrons. The van der Waals surface area contributed by atoms with Crippen LogP contribution in [-0.2, 0) is 16.6 Å². The highest BCUT2D eigenvalue weighted by molar-refractivity contribution is 7.89. The van der Waals surface area contributed by atoms with Crippen molar-refractivity contribution >= 4 is 44.0 Å². The lowest BCUT2D eigenvalue weighted by atomic mass is 10.1. The molecule has 1 heterocycles. The Labute approximate surface area is 175 Å². The van der Waals surface area contributed by atoms with E-state index in [1.54, 1.807) is 22.5 Å². The van der Waals surface area contributed by atoms with Gasteiger partial charge < -0.3 is 0 Å². The maximum absolute atomic E-state index is 13.1. The first-order chi connectivity index (χ1) is 13.4. The molecule has 0 spiro atoms. The second-order valence-electron chi connectivity index (χ2n) is 6.92. The third-order valence-electron chi connectivity index (χ3n) is 5.10. The van der Waals surface area contributed by atoms with Crippen LogP contribution in [-0.4, -0.2) is 43.8 Å². The number of hydrogen-bond donors (Lipinski definition) is 0. The van der Waals surface area contributed by atoms with Crippen LogP contribution in [0.5, 0.6) is 0 Å². The highest BCUT2D eigenvalue weighted by Crippen LogP contribution is 2.25. The maximum Gasteiger partial charge on any atom is 0.243 e. The average molecular weight is 435 g/mol. The fourth-order valence-electron chi connectivity index (χ4n) is 3.50. The Morgan fingerprint density at radius 3 is 2.25 bits per heavy atom. The van der Waals surface area contributed by atoms with Gasteiger partial charge in [-0.05, 0) is 40.6 Å². The summed E-state index contributed by atoms with van der Waals surface area (Å²) in [6, 6.07) is 18.6. The quantitative estimate of drug-likeness (QED) is 0.599. The summed E-state index contributed by atoms with van der Waals surface area (Å²) in [4.78, 5) is 2.56. The molecule has 1 fully saturated rings. The molecule has 3 aromatic carbocycles. The topological polar surface area (TPSA) is 40.6 Å². The molecule has 0 aliphatic carbocycles. The van der Waals surface area contributed by atoms with E-state index in [-0.39, 0.29) is 0 Å². The van der Waals surface area contributed by atoms with E-state index < -0.39 is 10.0 Å². The molecular weight excluding hydrogens is 415 g/mol. The van der Waals surface area contributed by atoms with Crippen molar-refractivity contribution in [2.75, 3.05) is 26.2 Å². The van der Waals surface area contributed by atoms with Crippen LogP contribution in [0.4, 0.5) is 0 Å². The summed E-state index contributed by atoms with van der Waals surface area (Å²) >= 11 is 12.2. The van der Waals surface area contributed by atoms with Crippen LogP contribution >= 0.6 is 23.2 Å². The Kier molecular flexibility index (Phi) is 5.63. The van der Waals surface area contributed by atoms with Gasteiger partial charge in [-0.3, -0.25) is 4.90 Å². The Bertz CT molecular complexity index is 1110. The molecule has 0 amide bonds. The van der Waals surface area contributed by atoms with E-state index in [2.05, 4.69) is 4.90 Å². The third-order valence-corrected chi connectivity index (χ3v) is 7.58. The molecular formula is C21H20Cl2N2O2S. The SMILES string of the molecule is O=S(=O)(c1ccc2ccccc2c1)N1CCN(Cc2ccc(Cl)cc2Cl)CC1. The van der Waals surface area contributed by atoms with E-state index in [4.69, 9.17) is 23.2 Å². The van der Waals surface area contributed by atoms with Crippen molar-refractivity contribution in [3.05, 3.63) is 76.3 Å². The highest BCUT2D eigenvalue weighted by Gasteiger charge is 2.28. The zero-order chi connectivity index (χ0) is 19.7. The zero-order valence-electron chi connectivity index (χ0n) is 15.2. The lowest BCUT2D eigenvalue weighted by Gasteiger charge is -2.34. The molecule has 4 nitrogen and oxygen atoms in total. The van der Waals surface area contributed by atoms with Crippen molar-refractivity contribution < 1.29 is 8.42 Å². The predicted octanol–water partition coefficient (Wildman–Crippen LogP) is 4.65. The van der Waals surface area contributed by atoms with Crippen molar-refractivity contribution in [1.29, 1.82) is 0 Å². The molecule has 0 radical (unpaired) electrons. The van der Waals surface area contributed by atoms with Gasteiger partial charge in [-0.1, -0.05) is 59.6 Å². The largest absolute Gasteiger partial charge is 0.296 e. The summed E-state index contributed by atoms with van der Waals surface area (Å²) < 4.78 is 27.7. The van der Waals surface area contributed by atoms with E-state index in [0.29, 0.717) is 47.7 Å². The zero-order valence-corrected chi connectivity index (χ0v) is 17.5. The molecule has 0 atom stereocenters. The first kappa shape index (κ1) is 19.7. The van der Waals surface area contributed by atoms with Crippen LogP contribution in [0.15, 0.2) is 65.6 Å². The summed E-state index contributed by atoms with van der Waals surface area (Å²) in [5, 5.41) is 3.21. The van der Waals surface area contributed by atoms with E-state index in [1.807, 2.05) is 42.5 Å². The first-order valence-electron chi connectivity index (χ1n) is 9.09. The van der Waals surface area contributed by atoms with Gasteiger partial charge in [-0.15, -0.1) is 0 Å². The fraction of sp³-hybridized carbons (Fsp3) is 0.238. The van der Waals surface area contributed by atoms with Crippen molar-refractivity contribution in [3.63, 3.8) is 0 Å². The minimum absolute atomic E-state index is 0.348. The molecule has 28 heavy (non-hydrogen) atoms. The molecule has 1 aliphatic rings. The van der Waals surface area contributed by atoms with Crippen molar-refractivity contribution in [2.45, 2.75) is 11.4 Å². The minimum Gasteiger partial charge on any atom is -0.296 e. The van der Waals surface area contributed by atoms with Crippen LogP contribution in [0.2, 0.25) is 10.0 Å². The number of benzene rings is 3. The Morgan fingerprint density at radius 2 is 1.54 bits per heavy atom. The van der Waals surface area contributed by atoms with Crippen LogP contribution < -0.4 is 0 Å². The number of piperazine rings is 1.